The molecule has 0 fully saturated rings. The molecule has 2 aromatic carbocycles. The Balaban J connectivity index is 1.70. The molecule has 0 unspecified atom stereocenters. The van der Waals surface area contributed by atoms with Crippen LogP contribution in [0.3, 0.4) is 0 Å². The summed E-state index contributed by atoms with van der Waals surface area (Å²) < 4.78 is 5.20. The van der Waals surface area contributed by atoms with Gasteiger partial charge in [0.15, 0.2) is 0 Å². The number of hydrogen-bond donors (Lipinski definition) is 2. The van der Waals surface area contributed by atoms with Crippen molar-refractivity contribution in [3.63, 3.8) is 0 Å². The molecule has 2 N–H and O–H groups in total. The fraction of sp³-hybridized carbons (Fsp3) is 0.250. The lowest BCUT2D eigenvalue weighted by atomic mass is 10.1. The van der Waals surface area contributed by atoms with Gasteiger partial charge < -0.3 is 15.4 Å². The number of aryl methyl sites for hydroxylation is 2. The van der Waals surface area contributed by atoms with E-state index in [1.54, 1.807) is 42.5 Å². The number of anilines is 3. The van der Waals surface area contributed by atoms with Crippen molar-refractivity contribution >= 4 is 29.2 Å². The van der Waals surface area contributed by atoms with Crippen molar-refractivity contribution in [3.8, 4) is 0 Å². The van der Waals surface area contributed by atoms with Crippen molar-refractivity contribution in [1.29, 1.82) is 0 Å². The summed E-state index contributed by atoms with van der Waals surface area (Å²) in [6.45, 7) is 6.22. The molecule has 1 heterocycles. The third kappa shape index (κ3) is 6.12. The molecule has 31 heavy (non-hydrogen) atoms. The Bertz CT molecular complexity index is 1040. The second-order valence-electron chi connectivity index (χ2n) is 7.17. The van der Waals surface area contributed by atoms with Crippen LogP contribution in [0.4, 0.5) is 17.3 Å². The highest BCUT2D eigenvalue weighted by molar-refractivity contribution is 6.08. The van der Waals surface area contributed by atoms with E-state index in [0.29, 0.717) is 35.1 Å². The van der Waals surface area contributed by atoms with Gasteiger partial charge >= 0.3 is 5.97 Å². The van der Waals surface area contributed by atoms with E-state index in [1.807, 2.05) is 32.9 Å². The minimum absolute atomic E-state index is 0.286. The third-order valence-electron chi connectivity index (χ3n) is 4.51. The molecule has 0 aliphatic carbocycles. The molecule has 0 aliphatic heterocycles. The number of amides is 1. The van der Waals surface area contributed by atoms with E-state index in [2.05, 4.69) is 20.6 Å². The Morgan fingerprint density at radius 1 is 0.968 bits per heavy atom. The Kier molecular flexibility index (Phi) is 7.32. The number of hydrogen-bond acceptors (Lipinski definition) is 6. The van der Waals surface area contributed by atoms with Crippen LogP contribution in [0.25, 0.3) is 0 Å². The summed E-state index contributed by atoms with van der Waals surface area (Å²) in [5.74, 6) is -0.219. The number of carbonyl (C=O) groups is 2. The standard InChI is InChI=1S/C24H26N4O3/c1-4-5-14-31-23(30)18-10-12-19(13-11-18)27-22(29)20-8-6-7-9-21(20)28-24-25-16(2)15-17(3)26-24/h6-13,15H,4-5,14H2,1-3H3,(H,27,29)(H,25,26,28). The van der Waals surface area contributed by atoms with Crippen LogP contribution >= 0.6 is 0 Å². The molecule has 0 saturated carbocycles. The molecule has 3 aromatic rings. The predicted octanol–water partition coefficient (Wildman–Crippen LogP) is 5.05. The van der Waals surface area contributed by atoms with Crippen LogP contribution in [0.5, 0.6) is 0 Å². The summed E-state index contributed by atoms with van der Waals surface area (Å²) in [6, 6.07) is 15.7. The number of nitrogens with one attached hydrogen (secondary N) is 2. The highest BCUT2D eigenvalue weighted by Crippen LogP contribution is 2.21. The summed E-state index contributed by atoms with van der Waals surface area (Å²) in [5.41, 5.74) is 3.75. The van der Waals surface area contributed by atoms with Crippen LogP contribution in [0.2, 0.25) is 0 Å². The summed E-state index contributed by atoms with van der Waals surface area (Å²) >= 11 is 0. The highest BCUT2D eigenvalue weighted by Gasteiger charge is 2.13. The van der Waals surface area contributed by atoms with Gasteiger partial charge in [-0.05, 0) is 62.7 Å². The van der Waals surface area contributed by atoms with E-state index in [0.717, 1.165) is 24.2 Å². The summed E-state index contributed by atoms with van der Waals surface area (Å²) in [5, 5.41) is 5.98. The van der Waals surface area contributed by atoms with Gasteiger partial charge in [0.2, 0.25) is 5.95 Å². The highest BCUT2D eigenvalue weighted by atomic mass is 16.5. The Morgan fingerprint density at radius 3 is 2.32 bits per heavy atom. The summed E-state index contributed by atoms with van der Waals surface area (Å²) in [6.07, 6.45) is 1.80. The lowest BCUT2D eigenvalue weighted by Crippen LogP contribution is -2.14. The van der Waals surface area contributed by atoms with Gasteiger partial charge in [-0.3, -0.25) is 4.79 Å². The lowest BCUT2D eigenvalue weighted by Gasteiger charge is -2.12. The van der Waals surface area contributed by atoms with Gasteiger partial charge in [-0.1, -0.05) is 25.5 Å². The number of aromatic nitrogens is 2. The van der Waals surface area contributed by atoms with Crippen LogP contribution in [0.1, 0.15) is 51.9 Å². The van der Waals surface area contributed by atoms with E-state index in [1.165, 1.54) is 0 Å². The van der Waals surface area contributed by atoms with Crippen molar-refractivity contribution in [3.05, 3.63) is 77.1 Å². The van der Waals surface area contributed by atoms with E-state index in [4.69, 9.17) is 4.74 Å². The summed E-state index contributed by atoms with van der Waals surface area (Å²) in [4.78, 5) is 33.6. The number of para-hydroxylation sites is 1. The minimum Gasteiger partial charge on any atom is -0.462 e. The monoisotopic (exact) mass is 418 g/mol. The molecule has 1 aromatic heterocycles. The number of ether oxygens (including phenoxy) is 1. The molecule has 0 atom stereocenters. The molecular weight excluding hydrogens is 392 g/mol. The number of rotatable bonds is 8. The SMILES string of the molecule is CCCCOC(=O)c1ccc(NC(=O)c2ccccc2Nc2nc(C)cc(C)n2)cc1. The van der Waals surface area contributed by atoms with Crippen LogP contribution in [-0.4, -0.2) is 28.5 Å². The van der Waals surface area contributed by atoms with E-state index >= 15 is 0 Å². The Labute approximate surface area is 181 Å². The first-order chi connectivity index (χ1) is 15.0. The van der Waals surface area contributed by atoms with Crippen molar-refractivity contribution in [2.75, 3.05) is 17.2 Å². The van der Waals surface area contributed by atoms with Crippen molar-refractivity contribution in [1.82, 2.24) is 9.97 Å². The molecule has 0 bridgehead atoms. The minimum atomic E-state index is -0.366. The maximum absolute atomic E-state index is 12.9. The maximum Gasteiger partial charge on any atom is 0.338 e. The zero-order valence-electron chi connectivity index (χ0n) is 17.9. The predicted molar refractivity (Wildman–Crippen MR) is 121 cm³/mol. The smallest absolute Gasteiger partial charge is 0.338 e. The van der Waals surface area contributed by atoms with E-state index < -0.39 is 0 Å². The average Bonchev–Trinajstić information content (AvgIpc) is 2.74. The van der Waals surface area contributed by atoms with Crippen molar-refractivity contribution in [2.45, 2.75) is 33.6 Å². The molecular formula is C24H26N4O3. The zero-order valence-corrected chi connectivity index (χ0v) is 17.9. The fourth-order valence-corrected chi connectivity index (χ4v) is 2.97. The number of unbranched alkanes of at least 4 members (excludes halogenated alkanes) is 1. The number of benzene rings is 2. The Morgan fingerprint density at radius 2 is 1.65 bits per heavy atom. The van der Waals surface area contributed by atoms with Gasteiger partial charge in [0.1, 0.15) is 0 Å². The lowest BCUT2D eigenvalue weighted by molar-refractivity contribution is 0.0499. The van der Waals surface area contributed by atoms with E-state index in [-0.39, 0.29) is 11.9 Å². The third-order valence-corrected chi connectivity index (χ3v) is 4.51. The molecule has 1 amide bonds. The van der Waals surface area contributed by atoms with Crippen LogP contribution in [0.15, 0.2) is 54.6 Å². The van der Waals surface area contributed by atoms with Gasteiger partial charge in [-0.2, -0.15) is 0 Å². The molecule has 0 radical (unpaired) electrons. The fourth-order valence-electron chi connectivity index (χ4n) is 2.97. The van der Waals surface area contributed by atoms with E-state index in [9.17, 15) is 9.59 Å². The van der Waals surface area contributed by atoms with Gasteiger partial charge in [0, 0.05) is 17.1 Å². The summed E-state index contributed by atoms with van der Waals surface area (Å²) in [7, 11) is 0. The van der Waals surface area contributed by atoms with Crippen molar-refractivity contribution in [2.24, 2.45) is 0 Å². The molecule has 7 nitrogen and oxygen atoms in total. The molecule has 7 heteroatoms. The first-order valence-corrected chi connectivity index (χ1v) is 10.2. The first-order valence-electron chi connectivity index (χ1n) is 10.2. The van der Waals surface area contributed by atoms with Crippen molar-refractivity contribution < 1.29 is 14.3 Å². The van der Waals surface area contributed by atoms with Crippen LogP contribution in [-0.2, 0) is 4.74 Å². The molecule has 160 valence electrons. The second-order valence-corrected chi connectivity index (χ2v) is 7.17. The molecule has 0 saturated heterocycles. The second kappa shape index (κ2) is 10.3. The largest absolute Gasteiger partial charge is 0.462 e. The van der Waals surface area contributed by atoms with Gasteiger partial charge in [-0.25, -0.2) is 14.8 Å². The molecule has 3 rings (SSSR count). The van der Waals surface area contributed by atoms with Gasteiger partial charge in [0.25, 0.3) is 5.91 Å². The topological polar surface area (TPSA) is 93.2 Å². The number of carbonyl (C=O) groups excluding carboxylic acids is 2. The van der Waals surface area contributed by atoms with Crippen LogP contribution < -0.4 is 10.6 Å². The quantitative estimate of drug-likeness (QED) is 0.393. The molecule has 0 aliphatic rings. The van der Waals surface area contributed by atoms with Gasteiger partial charge in [-0.15, -0.1) is 0 Å². The number of esters is 1. The van der Waals surface area contributed by atoms with Gasteiger partial charge in [0.05, 0.1) is 23.4 Å². The normalized spacial score (nSPS) is 10.4. The van der Waals surface area contributed by atoms with Crippen LogP contribution in [0, 0.1) is 13.8 Å². The zero-order chi connectivity index (χ0) is 22.2. The maximum atomic E-state index is 12.9. The first kappa shape index (κ1) is 22.0. The average molecular weight is 418 g/mol. The number of nitrogens with zero attached hydrogens (tertiary/aromatic N) is 2. The molecule has 0 spiro atoms. The Hall–Kier alpha value is -3.74.